The van der Waals surface area contributed by atoms with Crippen LogP contribution < -0.4 is 0 Å². The quantitative estimate of drug-likeness (QED) is 0.531. The van der Waals surface area contributed by atoms with Gasteiger partial charge in [-0.1, -0.05) is 12.2 Å². The Balaban J connectivity index is 2.33. The van der Waals surface area contributed by atoms with Crippen molar-refractivity contribution in [3.8, 4) is 0 Å². The van der Waals surface area contributed by atoms with Gasteiger partial charge in [-0.3, -0.25) is 0 Å². The molecular formula is C8H14ClNO2S. The predicted molar refractivity (Wildman–Crippen MR) is 54.4 cm³/mol. The average Bonchev–Trinajstić information content (AvgIpc) is 2.33. The average molecular weight is 224 g/mol. The Labute approximate surface area is 83.8 Å². The highest BCUT2D eigenvalue weighted by molar-refractivity contribution is 8.13. The molecule has 0 radical (unpaired) electrons. The molecule has 0 saturated carbocycles. The summed E-state index contributed by atoms with van der Waals surface area (Å²) < 4.78 is 21.1. The van der Waals surface area contributed by atoms with Gasteiger partial charge in [0.25, 0.3) is 0 Å². The lowest BCUT2D eigenvalue weighted by atomic mass is 10.1. The smallest absolute Gasteiger partial charge is 0.236 e. The molecule has 0 spiro atoms. The molecule has 1 atom stereocenters. The number of halogens is 1. The van der Waals surface area contributed by atoms with Crippen molar-refractivity contribution in [2.24, 2.45) is 5.92 Å². The third-order valence-corrected chi connectivity index (χ3v) is 3.10. The summed E-state index contributed by atoms with van der Waals surface area (Å²) in [4.78, 5) is 2.23. The molecule has 0 aromatic rings. The number of hydrogen-bond donors (Lipinski definition) is 0. The lowest BCUT2D eigenvalue weighted by molar-refractivity contribution is 0.408. The van der Waals surface area contributed by atoms with Crippen LogP contribution in [0.3, 0.4) is 0 Å². The summed E-state index contributed by atoms with van der Waals surface area (Å²) in [6.07, 6.45) is 4.70. The summed E-state index contributed by atoms with van der Waals surface area (Å²) in [7, 11) is 3.76. The van der Waals surface area contributed by atoms with E-state index in [9.17, 15) is 8.42 Å². The Bertz CT molecular complexity index is 287. The molecule has 0 N–H and O–H groups in total. The molecule has 0 aliphatic carbocycles. The minimum absolute atomic E-state index is 0.0607. The molecule has 0 bridgehead atoms. The van der Waals surface area contributed by atoms with Gasteiger partial charge in [0.2, 0.25) is 9.05 Å². The number of likely N-dealkylation sites (tertiary alicyclic amines) is 1. The first-order valence-electron chi connectivity index (χ1n) is 4.25. The van der Waals surface area contributed by atoms with Crippen LogP contribution in [-0.4, -0.2) is 39.2 Å². The summed E-state index contributed by atoms with van der Waals surface area (Å²) in [5, 5.41) is 0. The van der Waals surface area contributed by atoms with Crippen LogP contribution in [0.2, 0.25) is 0 Å². The Kier molecular flexibility index (Phi) is 3.76. The van der Waals surface area contributed by atoms with Crippen LogP contribution >= 0.6 is 10.7 Å². The fourth-order valence-electron chi connectivity index (χ4n) is 1.49. The van der Waals surface area contributed by atoms with Gasteiger partial charge >= 0.3 is 0 Å². The van der Waals surface area contributed by atoms with Crippen molar-refractivity contribution >= 4 is 19.7 Å². The largest absolute Gasteiger partial charge is 0.306 e. The van der Waals surface area contributed by atoms with Crippen molar-refractivity contribution in [1.82, 2.24) is 4.90 Å². The zero-order valence-corrected chi connectivity index (χ0v) is 9.18. The van der Waals surface area contributed by atoms with E-state index >= 15 is 0 Å². The van der Waals surface area contributed by atoms with Gasteiger partial charge in [-0.05, 0) is 25.9 Å². The van der Waals surface area contributed by atoms with Gasteiger partial charge in [-0.2, -0.15) is 0 Å². The van der Waals surface area contributed by atoms with E-state index in [2.05, 4.69) is 11.9 Å². The first-order chi connectivity index (χ1) is 5.97. The molecule has 1 aliphatic rings. The van der Waals surface area contributed by atoms with E-state index in [0.29, 0.717) is 5.92 Å². The van der Waals surface area contributed by atoms with Gasteiger partial charge in [0.15, 0.2) is 0 Å². The van der Waals surface area contributed by atoms with Crippen molar-refractivity contribution < 1.29 is 8.42 Å². The molecule has 5 heteroatoms. The summed E-state index contributed by atoms with van der Waals surface area (Å²) in [6.45, 7) is 2.10. The summed E-state index contributed by atoms with van der Waals surface area (Å²) in [5.41, 5.74) is 0. The number of hydrogen-bond acceptors (Lipinski definition) is 3. The van der Waals surface area contributed by atoms with E-state index in [0.717, 1.165) is 19.5 Å². The highest BCUT2D eigenvalue weighted by Crippen LogP contribution is 2.15. The van der Waals surface area contributed by atoms with Gasteiger partial charge in [0.1, 0.15) is 0 Å². The van der Waals surface area contributed by atoms with E-state index in [1.54, 1.807) is 6.08 Å². The van der Waals surface area contributed by atoms with Crippen molar-refractivity contribution in [3.05, 3.63) is 12.2 Å². The van der Waals surface area contributed by atoms with Gasteiger partial charge < -0.3 is 4.90 Å². The fourth-order valence-corrected chi connectivity index (χ4v) is 2.05. The maximum atomic E-state index is 10.6. The Morgan fingerprint density at radius 1 is 1.62 bits per heavy atom. The van der Waals surface area contributed by atoms with Crippen molar-refractivity contribution in [3.63, 3.8) is 0 Å². The lowest BCUT2D eigenvalue weighted by Gasteiger charge is -2.04. The summed E-state index contributed by atoms with van der Waals surface area (Å²) in [5.74, 6) is 0.429. The van der Waals surface area contributed by atoms with Crippen LogP contribution in [0.4, 0.5) is 0 Å². The Hall–Kier alpha value is -0.0600. The maximum absolute atomic E-state index is 10.6. The van der Waals surface area contributed by atoms with Crippen LogP contribution in [0.25, 0.3) is 0 Å². The van der Waals surface area contributed by atoms with Crippen LogP contribution in [0.15, 0.2) is 12.2 Å². The lowest BCUT2D eigenvalue weighted by Crippen LogP contribution is -2.13. The van der Waals surface area contributed by atoms with Crippen LogP contribution in [0.1, 0.15) is 6.42 Å². The zero-order chi connectivity index (χ0) is 9.90. The minimum atomic E-state index is -3.36. The molecule has 1 fully saturated rings. The minimum Gasteiger partial charge on any atom is -0.306 e. The highest BCUT2D eigenvalue weighted by Gasteiger charge is 2.16. The van der Waals surface area contributed by atoms with Gasteiger partial charge in [-0.25, -0.2) is 8.42 Å². The second-order valence-electron chi connectivity index (χ2n) is 3.44. The first kappa shape index (κ1) is 11.0. The molecule has 3 nitrogen and oxygen atoms in total. The molecule has 0 amide bonds. The topological polar surface area (TPSA) is 37.4 Å². The Morgan fingerprint density at radius 3 is 2.77 bits per heavy atom. The Morgan fingerprint density at radius 2 is 2.31 bits per heavy atom. The van der Waals surface area contributed by atoms with Crippen molar-refractivity contribution in [2.75, 3.05) is 25.9 Å². The third-order valence-electron chi connectivity index (χ3n) is 2.13. The molecule has 1 aliphatic heterocycles. The van der Waals surface area contributed by atoms with Crippen molar-refractivity contribution in [1.29, 1.82) is 0 Å². The standard InChI is InChI=1S/C8H14ClNO2S/c1-10-5-4-8(7-10)3-2-6-13(9,11)12/h2-3,8H,4-7H2,1H3/b3-2+. The van der Waals surface area contributed by atoms with Crippen LogP contribution in [0, 0.1) is 5.92 Å². The molecule has 1 saturated heterocycles. The molecule has 1 unspecified atom stereocenters. The van der Waals surface area contributed by atoms with Gasteiger partial charge in [0.05, 0.1) is 5.75 Å². The summed E-state index contributed by atoms with van der Waals surface area (Å²) in [6, 6.07) is 0. The third kappa shape index (κ3) is 4.64. The van der Waals surface area contributed by atoms with Crippen LogP contribution in [-0.2, 0) is 9.05 Å². The van der Waals surface area contributed by atoms with E-state index in [1.165, 1.54) is 0 Å². The molecule has 76 valence electrons. The van der Waals surface area contributed by atoms with E-state index in [-0.39, 0.29) is 5.75 Å². The molecule has 13 heavy (non-hydrogen) atoms. The highest BCUT2D eigenvalue weighted by atomic mass is 35.7. The SMILES string of the molecule is CN1CCC(/C=C/CS(=O)(=O)Cl)C1. The maximum Gasteiger partial charge on any atom is 0.236 e. The molecular weight excluding hydrogens is 210 g/mol. The molecule has 1 rings (SSSR count). The fraction of sp³-hybridized carbons (Fsp3) is 0.750. The van der Waals surface area contributed by atoms with E-state index < -0.39 is 9.05 Å². The monoisotopic (exact) mass is 223 g/mol. The zero-order valence-electron chi connectivity index (χ0n) is 7.61. The van der Waals surface area contributed by atoms with Gasteiger partial charge in [-0.15, -0.1) is 0 Å². The second kappa shape index (κ2) is 4.44. The summed E-state index contributed by atoms with van der Waals surface area (Å²) >= 11 is 0. The predicted octanol–water partition coefficient (Wildman–Crippen LogP) is 1.06. The molecule has 0 aromatic carbocycles. The molecule has 1 heterocycles. The van der Waals surface area contributed by atoms with E-state index in [1.807, 2.05) is 6.08 Å². The normalized spacial score (nSPS) is 25.8. The van der Waals surface area contributed by atoms with Gasteiger partial charge in [0, 0.05) is 17.2 Å². The first-order valence-corrected chi connectivity index (χ1v) is 6.73. The number of nitrogens with zero attached hydrogens (tertiary/aromatic N) is 1. The molecule has 0 aromatic heterocycles. The van der Waals surface area contributed by atoms with Crippen LogP contribution in [0.5, 0.6) is 0 Å². The second-order valence-corrected chi connectivity index (χ2v) is 6.27. The van der Waals surface area contributed by atoms with E-state index in [4.69, 9.17) is 10.7 Å². The number of rotatable bonds is 3. The van der Waals surface area contributed by atoms with Crippen molar-refractivity contribution in [2.45, 2.75) is 6.42 Å².